The van der Waals surface area contributed by atoms with Gasteiger partial charge in [-0.05, 0) is 12.8 Å². The summed E-state index contributed by atoms with van der Waals surface area (Å²) in [6, 6.07) is 0. The maximum Gasteiger partial charge on any atom is 0.243 e. The van der Waals surface area contributed by atoms with Crippen LogP contribution in [0, 0.1) is 5.41 Å². The van der Waals surface area contributed by atoms with Crippen LogP contribution < -0.4 is 10.6 Å². The molecule has 0 aliphatic carbocycles. The second-order valence-corrected chi connectivity index (χ2v) is 8.97. The van der Waals surface area contributed by atoms with E-state index in [0.717, 1.165) is 0 Å². The minimum absolute atomic E-state index is 0.192. The van der Waals surface area contributed by atoms with Crippen LogP contribution in [0.2, 0.25) is 0 Å². The molecule has 1 spiro atoms. The Hall–Kier alpha value is -1.96. The Morgan fingerprint density at radius 2 is 0.970 bits per heavy atom. The van der Waals surface area contributed by atoms with Crippen LogP contribution in [0.25, 0.3) is 0 Å². The van der Waals surface area contributed by atoms with E-state index in [1.807, 2.05) is 0 Å². The number of ether oxygens (including phenoxy) is 4. The highest BCUT2D eigenvalue weighted by atomic mass is 16.7. The van der Waals surface area contributed by atoms with Crippen LogP contribution in [0.5, 0.6) is 0 Å². The lowest BCUT2D eigenvalue weighted by Crippen LogP contribution is -2.53. The monoisotopic (exact) mass is 468 g/mol. The Labute approximate surface area is 192 Å². The molecule has 33 heavy (non-hydrogen) atoms. The minimum atomic E-state index is -0.379. The van der Waals surface area contributed by atoms with Crippen LogP contribution in [0.1, 0.15) is 25.7 Å². The summed E-state index contributed by atoms with van der Waals surface area (Å²) in [6.07, 6.45) is 1.65. The standard InChI is InChI=1S/C21H32N4O8/c26-15-7-22-8-16(27)24(15)5-1-3-19-30-11-21(12-31-19)13-32-20(33-14-21)4-2-6-25-17(28)9-23-10-18(25)29/h19-20,22-23H,1-14H2. The van der Waals surface area contributed by atoms with Gasteiger partial charge in [0, 0.05) is 25.9 Å². The zero-order valence-electron chi connectivity index (χ0n) is 18.7. The van der Waals surface area contributed by atoms with Crippen molar-refractivity contribution in [1.29, 1.82) is 0 Å². The topological polar surface area (TPSA) is 136 Å². The van der Waals surface area contributed by atoms with E-state index in [2.05, 4.69) is 10.6 Å². The number of amides is 4. The van der Waals surface area contributed by atoms with Crippen molar-refractivity contribution < 1.29 is 38.1 Å². The lowest BCUT2D eigenvalue weighted by atomic mass is 9.90. The van der Waals surface area contributed by atoms with Crippen LogP contribution in [0.15, 0.2) is 0 Å². The molecule has 184 valence electrons. The summed E-state index contributed by atoms with van der Waals surface area (Å²) in [5.74, 6) is -0.804. The van der Waals surface area contributed by atoms with Crippen molar-refractivity contribution in [3.63, 3.8) is 0 Å². The summed E-state index contributed by atoms with van der Waals surface area (Å²) < 4.78 is 23.5. The van der Waals surface area contributed by atoms with E-state index >= 15 is 0 Å². The Morgan fingerprint density at radius 3 is 1.30 bits per heavy atom. The molecule has 0 radical (unpaired) electrons. The SMILES string of the molecule is O=C1CNCC(=O)N1CCCC1OCC2(CO1)COC(CCCN1C(=O)CNCC1=O)OC2. The van der Waals surface area contributed by atoms with Crippen LogP contribution in [0.4, 0.5) is 0 Å². The van der Waals surface area contributed by atoms with Crippen LogP contribution >= 0.6 is 0 Å². The van der Waals surface area contributed by atoms with Gasteiger partial charge in [-0.15, -0.1) is 0 Å². The molecule has 4 aliphatic rings. The number of imide groups is 2. The molecule has 0 aromatic carbocycles. The first-order valence-electron chi connectivity index (χ1n) is 11.5. The van der Waals surface area contributed by atoms with Crippen molar-refractivity contribution in [3.05, 3.63) is 0 Å². The number of carbonyl (C=O) groups excluding carboxylic acids is 4. The molecule has 4 fully saturated rings. The quantitative estimate of drug-likeness (QED) is 0.393. The third-order valence-electron chi connectivity index (χ3n) is 6.25. The molecule has 0 aromatic heterocycles. The highest BCUT2D eigenvalue weighted by molar-refractivity contribution is 5.99. The van der Waals surface area contributed by atoms with Gasteiger partial charge in [-0.2, -0.15) is 0 Å². The van der Waals surface area contributed by atoms with E-state index in [4.69, 9.17) is 18.9 Å². The average Bonchev–Trinajstić information content (AvgIpc) is 2.80. The predicted octanol–water partition coefficient (Wildman–Crippen LogP) is -1.80. The van der Waals surface area contributed by atoms with Gasteiger partial charge in [-0.3, -0.25) is 39.6 Å². The molecular formula is C21H32N4O8. The minimum Gasteiger partial charge on any atom is -0.352 e. The summed E-state index contributed by atoms with van der Waals surface area (Å²) in [5.41, 5.74) is -0.359. The number of piperazine rings is 2. The van der Waals surface area contributed by atoms with Crippen molar-refractivity contribution in [2.45, 2.75) is 38.3 Å². The van der Waals surface area contributed by atoms with Crippen molar-refractivity contribution in [2.75, 3.05) is 65.7 Å². The number of hydrogen-bond donors (Lipinski definition) is 2. The smallest absolute Gasteiger partial charge is 0.243 e. The van der Waals surface area contributed by atoms with Crippen LogP contribution in [-0.4, -0.2) is 112 Å². The van der Waals surface area contributed by atoms with Gasteiger partial charge in [0.15, 0.2) is 12.6 Å². The fraction of sp³-hybridized carbons (Fsp3) is 0.810. The summed E-state index contributed by atoms with van der Waals surface area (Å²) in [5, 5.41) is 5.55. The molecule has 0 aromatic rings. The van der Waals surface area contributed by atoms with Gasteiger partial charge in [0.2, 0.25) is 23.6 Å². The molecule has 12 heteroatoms. The van der Waals surface area contributed by atoms with Crippen molar-refractivity contribution in [3.8, 4) is 0 Å². The Morgan fingerprint density at radius 1 is 0.636 bits per heavy atom. The average molecular weight is 469 g/mol. The normalized spacial score (nSPS) is 31.5. The maximum absolute atomic E-state index is 11.8. The van der Waals surface area contributed by atoms with Gasteiger partial charge in [0.1, 0.15) is 0 Å². The van der Waals surface area contributed by atoms with E-state index in [9.17, 15) is 19.2 Å². The summed E-state index contributed by atoms with van der Waals surface area (Å²) >= 11 is 0. The number of nitrogens with zero attached hydrogens (tertiary/aromatic N) is 2. The van der Waals surface area contributed by atoms with Crippen molar-refractivity contribution in [1.82, 2.24) is 20.4 Å². The van der Waals surface area contributed by atoms with E-state index in [1.54, 1.807) is 0 Å². The van der Waals surface area contributed by atoms with E-state index in [-0.39, 0.29) is 67.8 Å². The molecule has 0 saturated carbocycles. The summed E-state index contributed by atoms with van der Waals surface area (Å²) in [6.45, 7) is 3.28. The molecule has 12 nitrogen and oxygen atoms in total. The van der Waals surface area contributed by atoms with E-state index in [0.29, 0.717) is 65.2 Å². The second-order valence-electron chi connectivity index (χ2n) is 8.97. The van der Waals surface area contributed by atoms with Crippen molar-refractivity contribution >= 4 is 23.6 Å². The molecule has 2 N–H and O–H groups in total. The molecule has 0 unspecified atom stereocenters. The predicted molar refractivity (Wildman–Crippen MR) is 111 cm³/mol. The lowest BCUT2D eigenvalue weighted by Gasteiger charge is -2.44. The zero-order valence-corrected chi connectivity index (χ0v) is 18.7. The molecule has 4 amide bonds. The van der Waals surface area contributed by atoms with E-state index < -0.39 is 0 Å². The van der Waals surface area contributed by atoms with E-state index in [1.165, 1.54) is 9.80 Å². The number of rotatable bonds is 8. The third kappa shape index (κ3) is 6.14. The first kappa shape index (κ1) is 24.2. The lowest BCUT2D eigenvalue weighted by molar-refractivity contribution is -0.304. The van der Waals surface area contributed by atoms with Gasteiger partial charge in [0.25, 0.3) is 0 Å². The molecule has 4 rings (SSSR count). The zero-order chi connectivity index (χ0) is 23.3. The molecule has 4 aliphatic heterocycles. The molecule has 4 heterocycles. The Bertz CT molecular complexity index is 649. The maximum atomic E-state index is 11.8. The fourth-order valence-electron chi connectivity index (χ4n) is 4.30. The second kappa shape index (κ2) is 11.0. The Kier molecular flexibility index (Phi) is 8.04. The van der Waals surface area contributed by atoms with Gasteiger partial charge in [0.05, 0.1) is 58.0 Å². The molecule has 4 saturated heterocycles. The fourth-order valence-corrected chi connectivity index (χ4v) is 4.30. The molecule has 0 bridgehead atoms. The van der Waals surface area contributed by atoms with Crippen molar-refractivity contribution in [2.24, 2.45) is 5.41 Å². The number of carbonyl (C=O) groups is 4. The van der Waals surface area contributed by atoms with Gasteiger partial charge >= 0.3 is 0 Å². The molecule has 0 atom stereocenters. The van der Waals surface area contributed by atoms with Gasteiger partial charge < -0.3 is 18.9 Å². The summed E-state index contributed by atoms with van der Waals surface area (Å²) in [7, 11) is 0. The highest BCUT2D eigenvalue weighted by Crippen LogP contribution is 2.32. The third-order valence-corrected chi connectivity index (χ3v) is 6.25. The van der Waals surface area contributed by atoms with Crippen LogP contribution in [0.3, 0.4) is 0 Å². The van der Waals surface area contributed by atoms with Crippen LogP contribution in [-0.2, 0) is 38.1 Å². The largest absolute Gasteiger partial charge is 0.352 e. The van der Waals surface area contributed by atoms with Gasteiger partial charge in [-0.1, -0.05) is 0 Å². The first-order valence-corrected chi connectivity index (χ1v) is 11.5. The first-order chi connectivity index (χ1) is 16.0. The Balaban J connectivity index is 1.11. The van der Waals surface area contributed by atoms with Gasteiger partial charge in [-0.25, -0.2) is 0 Å². The molecular weight excluding hydrogens is 436 g/mol. The number of nitrogens with one attached hydrogen (secondary N) is 2. The highest BCUT2D eigenvalue weighted by Gasteiger charge is 2.42. The summed E-state index contributed by atoms with van der Waals surface area (Å²) in [4.78, 5) is 49.8. The number of hydrogen-bond acceptors (Lipinski definition) is 10.